The van der Waals surface area contributed by atoms with Crippen LogP contribution in [0.5, 0.6) is 5.75 Å². The average molecular weight is 440 g/mol. The second-order valence-corrected chi connectivity index (χ2v) is 8.28. The Bertz CT molecular complexity index is 1000. The number of para-hydroxylation sites is 3. The minimum absolute atomic E-state index is 0.0933. The maximum Gasteiger partial charge on any atom is 0.258 e. The first-order valence-electron chi connectivity index (χ1n) is 10.5. The van der Waals surface area contributed by atoms with Gasteiger partial charge in [-0.15, -0.1) is 0 Å². The number of nitrogens with one attached hydrogen (secondary N) is 2. The predicted molar refractivity (Wildman–Crippen MR) is 123 cm³/mol. The van der Waals surface area contributed by atoms with Gasteiger partial charge in [0.2, 0.25) is 5.91 Å². The molecule has 3 N–H and O–H groups in total. The molecule has 2 aromatic rings. The number of aliphatic hydroxyl groups is 1. The van der Waals surface area contributed by atoms with Crippen molar-refractivity contribution in [1.82, 2.24) is 5.32 Å². The largest absolute Gasteiger partial charge is 0.483 e. The zero-order valence-electron chi connectivity index (χ0n) is 18.6. The molecule has 0 aromatic heterocycles. The van der Waals surface area contributed by atoms with E-state index < -0.39 is 11.7 Å². The van der Waals surface area contributed by atoms with Crippen LogP contribution in [0.2, 0.25) is 0 Å². The normalized spacial score (nSPS) is 14.5. The van der Waals surface area contributed by atoms with Gasteiger partial charge in [0.1, 0.15) is 5.75 Å². The molecule has 2 aromatic carbocycles. The third kappa shape index (κ3) is 6.63. The van der Waals surface area contributed by atoms with Gasteiger partial charge in [-0.2, -0.15) is 0 Å². The molecule has 0 fully saturated rings. The molecule has 1 unspecified atom stereocenters. The smallest absolute Gasteiger partial charge is 0.258 e. The van der Waals surface area contributed by atoms with Crippen LogP contribution in [0.3, 0.4) is 0 Å². The zero-order valence-corrected chi connectivity index (χ0v) is 18.6. The lowest BCUT2D eigenvalue weighted by Gasteiger charge is -2.26. The first-order chi connectivity index (χ1) is 15.2. The first-order valence-corrected chi connectivity index (χ1v) is 10.5. The van der Waals surface area contributed by atoms with Gasteiger partial charge < -0.3 is 25.2 Å². The molecule has 170 valence electrons. The summed E-state index contributed by atoms with van der Waals surface area (Å²) in [5.41, 5.74) is 1.93. The highest BCUT2D eigenvalue weighted by Crippen LogP contribution is 2.30. The second-order valence-electron chi connectivity index (χ2n) is 8.28. The minimum atomic E-state index is -0.625. The molecule has 2 amide bonds. The van der Waals surface area contributed by atoms with Crippen molar-refractivity contribution in [2.24, 2.45) is 4.99 Å². The number of nitrogens with zero attached hydrogens (tertiary/aromatic N) is 1. The molecule has 1 aliphatic heterocycles. The highest BCUT2D eigenvalue weighted by atomic mass is 16.5. The lowest BCUT2D eigenvalue weighted by Crippen LogP contribution is -2.43. The van der Waals surface area contributed by atoms with Crippen LogP contribution in [-0.4, -0.2) is 54.1 Å². The van der Waals surface area contributed by atoms with E-state index in [1.807, 2.05) is 44.2 Å². The molecule has 1 aliphatic rings. The quantitative estimate of drug-likeness (QED) is 0.557. The van der Waals surface area contributed by atoms with Crippen LogP contribution in [0.1, 0.15) is 32.8 Å². The van der Waals surface area contributed by atoms with E-state index in [-0.39, 0.29) is 38.0 Å². The Kier molecular flexibility index (Phi) is 7.61. The van der Waals surface area contributed by atoms with Crippen molar-refractivity contribution in [2.75, 3.05) is 25.1 Å². The van der Waals surface area contributed by atoms with E-state index in [0.29, 0.717) is 28.4 Å². The molecule has 1 atom stereocenters. The molecule has 8 heteroatoms. The van der Waals surface area contributed by atoms with Crippen molar-refractivity contribution in [1.29, 1.82) is 0 Å². The predicted octanol–water partition coefficient (Wildman–Crippen LogP) is 2.82. The number of carbonyl (C=O) groups excluding carboxylic acids is 2. The Balaban J connectivity index is 1.67. The summed E-state index contributed by atoms with van der Waals surface area (Å²) in [4.78, 5) is 29.3. The lowest BCUT2D eigenvalue weighted by molar-refractivity contribution is -0.125. The molecule has 0 bridgehead atoms. The summed E-state index contributed by atoms with van der Waals surface area (Å²) in [5, 5.41) is 15.0. The number of benzene rings is 2. The standard InChI is InChI=1S/C24H29N3O5/c1-16(28)13-32-24(2,3)15-25-23(30)14-31-21-11-7-4-8-17(21)20-12-22(29)27-19-10-6-5-9-18(19)26-20/h4-11,16,28H,12-15H2,1-3H3,(H,25,30)(H,27,29). The van der Waals surface area contributed by atoms with Crippen LogP contribution in [0.15, 0.2) is 53.5 Å². The Hall–Kier alpha value is -3.23. The van der Waals surface area contributed by atoms with Crippen LogP contribution in [-0.2, 0) is 14.3 Å². The van der Waals surface area contributed by atoms with Gasteiger partial charge in [-0.1, -0.05) is 24.3 Å². The fourth-order valence-electron chi connectivity index (χ4n) is 3.10. The number of rotatable bonds is 9. The number of amides is 2. The third-order valence-corrected chi connectivity index (χ3v) is 4.74. The van der Waals surface area contributed by atoms with Crippen molar-refractivity contribution in [3.63, 3.8) is 0 Å². The molecule has 8 nitrogen and oxygen atoms in total. The summed E-state index contributed by atoms with van der Waals surface area (Å²) in [5.74, 6) is -0.00158. The fraction of sp³-hybridized carbons (Fsp3) is 0.375. The van der Waals surface area contributed by atoms with E-state index in [1.165, 1.54) is 0 Å². The molecule has 0 radical (unpaired) electrons. The molecule has 1 heterocycles. The van der Waals surface area contributed by atoms with Gasteiger partial charge in [0, 0.05) is 12.1 Å². The van der Waals surface area contributed by atoms with Gasteiger partial charge in [-0.05, 0) is 45.0 Å². The van der Waals surface area contributed by atoms with Gasteiger partial charge >= 0.3 is 0 Å². The molecule has 0 saturated carbocycles. The minimum Gasteiger partial charge on any atom is -0.483 e. The molecule has 0 aliphatic carbocycles. The second kappa shape index (κ2) is 10.4. The highest BCUT2D eigenvalue weighted by Gasteiger charge is 2.22. The summed E-state index contributed by atoms with van der Waals surface area (Å²) in [6.07, 6.45) is -0.485. The van der Waals surface area contributed by atoms with E-state index in [0.717, 1.165) is 0 Å². The van der Waals surface area contributed by atoms with Crippen molar-refractivity contribution >= 4 is 28.9 Å². The van der Waals surface area contributed by atoms with Crippen LogP contribution in [0, 0.1) is 0 Å². The number of aliphatic imine (C=N–C) groups is 1. The van der Waals surface area contributed by atoms with E-state index in [1.54, 1.807) is 25.1 Å². The van der Waals surface area contributed by atoms with E-state index in [9.17, 15) is 14.7 Å². The maximum atomic E-state index is 12.4. The number of carbonyl (C=O) groups is 2. The van der Waals surface area contributed by atoms with Gasteiger partial charge in [-0.3, -0.25) is 9.59 Å². The summed E-state index contributed by atoms with van der Waals surface area (Å²) in [6.45, 7) is 5.57. The molecular formula is C24H29N3O5. The van der Waals surface area contributed by atoms with Gasteiger partial charge in [0.25, 0.3) is 5.91 Å². The monoisotopic (exact) mass is 439 g/mol. The molecule has 3 rings (SSSR count). The van der Waals surface area contributed by atoms with Gasteiger partial charge in [0.05, 0.1) is 41.8 Å². The van der Waals surface area contributed by atoms with E-state index in [4.69, 9.17) is 9.47 Å². The SMILES string of the molecule is CC(O)COC(C)(C)CNC(=O)COc1ccccc1C1=Nc2ccccc2NC(=O)C1. The third-order valence-electron chi connectivity index (χ3n) is 4.74. The number of aliphatic hydroxyl groups excluding tert-OH is 1. The highest BCUT2D eigenvalue weighted by molar-refractivity contribution is 6.17. The summed E-state index contributed by atoms with van der Waals surface area (Å²) in [7, 11) is 0. The fourth-order valence-corrected chi connectivity index (χ4v) is 3.10. The van der Waals surface area contributed by atoms with Crippen molar-refractivity contribution < 1.29 is 24.2 Å². The number of hydrogen-bond donors (Lipinski definition) is 3. The van der Waals surface area contributed by atoms with E-state index in [2.05, 4.69) is 15.6 Å². The molecule has 0 spiro atoms. The summed E-state index contributed by atoms with van der Waals surface area (Å²) >= 11 is 0. The number of hydrogen-bond acceptors (Lipinski definition) is 6. The van der Waals surface area contributed by atoms with E-state index >= 15 is 0 Å². The number of anilines is 1. The maximum absolute atomic E-state index is 12.4. The van der Waals surface area contributed by atoms with Gasteiger partial charge in [-0.25, -0.2) is 4.99 Å². The molecular weight excluding hydrogens is 410 g/mol. The summed E-state index contributed by atoms with van der Waals surface area (Å²) in [6, 6.07) is 14.5. The van der Waals surface area contributed by atoms with Crippen LogP contribution in [0.25, 0.3) is 0 Å². The van der Waals surface area contributed by atoms with Crippen LogP contribution < -0.4 is 15.4 Å². The van der Waals surface area contributed by atoms with Gasteiger partial charge in [0.15, 0.2) is 6.61 Å². The summed E-state index contributed by atoms with van der Waals surface area (Å²) < 4.78 is 11.4. The topological polar surface area (TPSA) is 109 Å². The Morgan fingerprint density at radius 2 is 1.94 bits per heavy atom. The Morgan fingerprint density at radius 1 is 1.22 bits per heavy atom. The van der Waals surface area contributed by atoms with Crippen LogP contribution >= 0.6 is 0 Å². The van der Waals surface area contributed by atoms with Crippen molar-refractivity contribution in [3.05, 3.63) is 54.1 Å². The lowest BCUT2D eigenvalue weighted by atomic mass is 10.1. The average Bonchev–Trinajstić information content (AvgIpc) is 2.93. The Labute approximate surface area is 187 Å². The number of fused-ring (bicyclic) bond motifs is 1. The Morgan fingerprint density at radius 3 is 2.72 bits per heavy atom. The number of ether oxygens (including phenoxy) is 2. The van der Waals surface area contributed by atoms with Crippen molar-refractivity contribution in [3.8, 4) is 5.75 Å². The van der Waals surface area contributed by atoms with Crippen molar-refractivity contribution in [2.45, 2.75) is 38.9 Å². The first kappa shape index (κ1) is 23.4. The zero-order chi connectivity index (χ0) is 23.1. The van der Waals surface area contributed by atoms with Crippen LogP contribution in [0.4, 0.5) is 11.4 Å². The molecule has 32 heavy (non-hydrogen) atoms. The molecule has 0 saturated heterocycles.